The van der Waals surface area contributed by atoms with Gasteiger partial charge in [-0.15, -0.1) is 0 Å². The molecule has 2 aromatic heterocycles. The Hall–Kier alpha value is -2.14. The summed E-state index contributed by atoms with van der Waals surface area (Å²) < 4.78 is 1.60. The number of thioether (sulfide) groups is 1. The lowest BCUT2D eigenvalue weighted by Crippen LogP contribution is -2.20. The van der Waals surface area contributed by atoms with E-state index < -0.39 is 0 Å². The van der Waals surface area contributed by atoms with Crippen LogP contribution >= 0.6 is 11.8 Å². The Labute approximate surface area is 146 Å². The summed E-state index contributed by atoms with van der Waals surface area (Å²) in [4.78, 5) is 21.5. The largest absolute Gasteiger partial charge is 0.295 e. The zero-order valence-electron chi connectivity index (χ0n) is 14.6. The maximum atomic E-state index is 12.8. The Balaban J connectivity index is 2.17. The van der Waals surface area contributed by atoms with Crippen molar-refractivity contribution in [2.45, 2.75) is 31.3 Å². The van der Waals surface area contributed by atoms with E-state index >= 15 is 0 Å². The highest BCUT2D eigenvalue weighted by atomic mass is 32.2. The molecule has 5 heteroatoms. The van der Waals surface area contributed by atoms with Crippen LogP contribution in [0.25, 0.3) is 22.2 Å². The lowest BCUT2D eigenvalue weighted by atomic mass is 9.86. The standard InChI is InChI=1S/C19H21N3OS/c1-19(2,3)14-8-6-12(7-9-14)15-10-13-11-20-18(24-5)21-16(13)22(4)17(15)23/h6-11H,1-5H3. The Morgan fingerprint density at radius 2 is 1.79 bits per heavy atom. The first-order valence-corrected chi connectivity index (χ1v) is 9.05. The van der Waals surface area contributed by atoms with Crippen molar-refractivity contribution in [2.75, 3.05) is 6.26 Å². The van der Waals surface area contributed by atoms with E-state index in [1.807, 2.05) is 24.5 Å². The van der Waals surface area contributed by atoms with Crippen LogP contribution in [0.2, 0.25) is 0 Å². The second-order valence-corrected chi connectivity index (χ2v) is 7.66. The van der Waals surface area contributed by atoms with Gasteiger partial charge in [-0.05, 0) is 28.9 Å². The summed E-state index contributed by atoms with van der Waals surface area (Å²) in [5.41, 5.74) is 3.54. The van der Waals surface area contributed by atoms with Crippen LogP contribution in [0.1, 0.15) is 26.3 Å². The third-order valence-electron chi connectivity index (χ3n) is 4.17. The normalized spacial score (nSPS) is 11.9. The van der Waals surface area contributed by atoms with Crippen molar-refractivity contribution in [3.8, 4) is 11.1 Å². The van der Waals surface area contributed by atoms with Gasteiger partial charge >= 0.3 is 0 Å². The molecule has 0 amide bonds. The van der Waals surface area contributed by atoms with E-state index in [4.69, 9.17) is 0 Å². The maximum absolute atomic E-state index is 12.8. The fourth-order valence-corrected chi connectivity index (χ4v) is 3.02. The Bertz CT molecular complexity index is 953. The van der Waals surface area contributed by atoms with Crippen molar-refractivity contribution >= 4 is 22.8 Å². The van der Waals surface area contributed by atoms with Crippen LogP contribution in [0.15, 0.2) is 46.5 Å². The summed E-state index contributed by atoms with van der Waals surface area (Å²) in [5.74, 6) is 0. The number of aryl methyl sites for hydroxylation is 1. The van der Waals surface area contributed by atoms with Crippen molar-refractivity contribution in [3.05, 3.63) is 52.4 Å². The van der Waals surface area contributed by atoms with Crippen molar-refractivity contribution in [2.24, 2.45) is 7.05 Å². The molecule has 0 aliphatic rings. The van der Waals surface area contributed by atoms with E-state index in [9.17, 15) is 4.79 Å². The van der Waals surface area contributed by atoms with Gasteiger partial charge in [0.25, 0.3) is 5.56 Å². The molecule has 3 aromatic rings. The minimum atomic E-state index is -0.0447. The second-order valence-electron chi connectivity index (χ2n) is 6.89. The molecule has 0 radical (unpaired) electrons. The molecule has 0 fully saturated rings. The van der Waals surface area contributed by atoms with Crippen LogP contribution in [-0.2, 0) is 12.5 Å². The molecule has 0 N–H and O–H groups in total. The van der Waals surface area contributed by atoms with Crippen molar-refractivity contribution in [1.29, 1.82) is 0 Å². The number of rotatable bonds is 2. The third-order valence-corrected chi connectivity index (χ3v) is 4.73. The highest BCUT2D eigenvalue weighted by molar-refractivity contribution is 7.98. The molecule has 0 unspecified atom stereocenters. The van der Waals surface area contributed by atoms with Crippen molar-refractivity contribution in [3.63, 3.8) is 0 Å². The SMILES string of the molecule is CSc1ncc2cc(-c3ccc(C(C)(C)C)cc3)c(=O)n(C)c2n1. The number of hydrogen-bond donors (Lipinski definition) is 0. The van der Waals surface area contributed by atoms with E-state index in [-0.39, 0.29) is 11.0 Å². The van der Waals surface area contributed by atoms with E-state index in [1.165, 1.54) is 17.3 Å². The molecular formula is C19H21N3OS. The smallest absolute Gasteiger partial charge is 0.259 e. The van der Waals surface area contributed by atoms with Gasteiger partial charge in [-0.25, -0.2) is 9.97 Å². The highest BCUT2D eigenvalue weighted by Gasteiger charge is 2.15. The molecule has 3 rings (SSSR count). The molecule has 0 saturated heterocycles. The molecule has 0 atom stereocenters. The van der Waals surface area contributed by atoms with Gasteiger partial charge in [-0.1, -0.05) is 56.8 Å². The number of pyridine rings is 1. The summed E-state index contributed by atoms with van der Waals surface area (Å²) in [6, 6.07) is 10.1. The summed E-state index contributed by atoms with van der Waals surface area (Å²) in [6.07, 6.45) is 3.70. The molecule has 0 bridgehead atoms. The molecule has 0 spiro atoms. The summed E-state index contributed by atoms with van der Waals surface area (Å²) >= 11 is 1.47. The average molecular weight is 339 g/mol. The molecule has 0 aliphatic heterocycles. The molecule has 124 valence electrons. The van der Waals surface area contributed by atoms with Crippen LogP contribution in [0, 0.1) is 0 Å². The molecule has 0 saturated carbocycles. The predicted molar refractivity (Wildman–Crippen MR) is 101 cm³/mol. The summed E-state index contributed by atoms with van der Waals surface area (Å²) in [6.45, 7) is 6.53. The molecule has 2 heterocycles. The monoisotopic (exact) mass is 339 g/mol. The van der Waals surface area contributed by atoms with E-state index in [1.54, 1.807) is 17.8 Å². The molecule has 0 aliphatic carbocycles. The van der Waals surface area contributed by atoms with Gasteiger partial charge in [0.2, 0.25) is 0 Å². The zero-order chi connectivity index (χ0) is 17.5. The van der Waals surface area contributed by atoms with E-state index in [0.29, 0.717) is 16.4 Å². The van der Waals surface area contributed by atoms with E-state index in [0.717, 1.165) is 10.9 Å². The Kier molecular flexibility index (Phi) is 4.22. The number of fused-ring (bicyclic) bond motifs is 1. The van der Waals surface area contributed by atoms with Crippen LogP contribution in [0.4, 0.5) is 0 Å². The van der Waals surface area contributed by atoms with Gasteiger partial charge in [0, 0.05) is 24.2 Å². The first-order chi connectivity index (χ1) is 11.3. The Morgan fingerprint density at radius 1 is 1.12 bits per heavy atom. The molecule has 1 aromatic carbocycles. The van der Waals surface area contributed by atoms with Gasteiger partial charge in [0.15, 0.2) is 5.16 Å². The van der Waals surface area contributed by atoms with Gasteiger partial charge in [0.05, 0.1) is 0 Å². The predicted octanol–water partition coefficient (Wildman–Crippen LogP) is 4.01. The average Bonchev–Trinajstić information content (AvgIpc) is 2.57. The second kappa shape index (κ2) is 6.06. The van der Waals surface area contributed by atoms with Crippen molar-refractivity contribution < 1.29 is 0 Å². The Morgan fingerprint density at radius 3 is 2.38 bits per heavy atom. The van der Waals surface area contributed by atoms with Gasteiger partial charge < -0.3 is 0 Å². The zero-order valence-corrected chi connectivity index (χ0v) is 15.4. The third kappa shape index (κ3) is 2.96. The maximum Gasteiger partial charge on any atom is 0.259 e. The van der Waals surface area contributed by atoms with Crippen LogP contribution in [-0.4, -0.2) is 20.8 Å². The number of nitrogens with zero attached hydrogens (tertiary/aromatic N) is 3. The fourth-order valence-electron chi connectivity index (χ4n) is 2.69. The highest BCUT2D eigenvalue weighted by Crippen LogP contribution is 2.26. The van der Waals surface area contributed by atoms with Gasteiger partial charge in [-0.3, -0.25) is 9.36 Å². The lowest BCUT2D eigenvalue weighted by Gasteiger charge is -2.19. The van der Waals surface area contributed by atoms with Gasteiger partial charge in [-0.2, -0.15) is 0 Å². The minimum absolute atomic E-state index is 0.0447. The number of hydrogen-bond acceptors (Lipinski definition) is 4. The molecular weight excluding hydrogens is 318 g/mol. The van der Waals surface area contributed by atoms with Crippen LogP contribution < -0.4 is 5.56 Å². The number of aromatic nitrogens is 3. The fraction of sp³-hybridized carbons (Fsp3) is 0.316. The topological polar surface area (TPSA) is 47.8 Å². The van der Waals surface area contributed by atoms with Crippen molar-refractivity contribution in [1.82, 2.24) is 14.5 Å². The van der Waals surface area contributed by atoms with Gasteiger partial charge in [0.1, 0.15) is 5.65 Å². The number of benzene rings is 1. The van der Waals surface area contributed by atoms with Crippen LogP contribution in [0.3, 0.4) is 0 Å². The molecule has 4 nitrogen and oxygen atoms in total. The first kappa shape index (κ1) is 16.7. The molecule has 24 heavy (non-hydrogen) atoms. The lowest BCUT2D eigenvalue weighted by molar-refractivity contribution is 0.590. The summed E-state index contributed by atoms with van der Waals surface area (Å²) in [5, 5.41) is 1.53. The minimum Gasteiger partial charge on any atom is -0.295 e. The quantitative estimate of drug-likeness (QED) is 0.523. The van der Waals surface area contributed by atoms with Crippen LogP contribution in [0.5, 0.6) is 0 Å². The first-order valence-electron chi connectivity index (χ1n) is 7.83. The van der Waals surface area contributed by atoms with E-state index in [2.05, 4.69) is 42.9 Å². The summed E-state index contributed by atoms with van der Waals surface area (Å²) in [7, 11) is 1.76.